The van der Waals surface area contributed by atoms with Gasteiger partial charge in [0.1, 0.15) is 17.1 Å². The fraction of sp³-hybridized carbons (Fsp3) is 0.250. The number of fused-ring (bicyclic) bond motifs is 2. The van der Waals surface area contributed by atoms with Crippen LogP contribution in [0.4, 0.5) is 0 Å². The van der Waals surface area contributed by atoms with Crippen LogP contribution < -0.4 is 4.74 Å². The summed E-state index contributed by atoms with van der Waals surface area (Å²) in [4.78, 5) is 18.6. The number of amides is 1. The molecule has 3 aromatic rings. The number of ether oxygens (including phenoxy) is 1. The normalized spacial score (nSPS) is 20.9. The number of hydrogen-bond donors (Lipinski definition) is 0. The number of allylic oxidation sites excluding steroid dienone is 3. The van der Waals surface area contributed by atoms with E-state index in [4.69, 9.17) is 4.74 Å². The number of pyridine rings is 1. The van der Waals surface area contributed by atoms with E-state index in [1.54, 1.807) is 55.5 Å². The topological polar surface area (TPSA) is 81.5 Å². The van der Waals surface area contributed by atoms with Crippen LogP contribution in [0.25, 0.3) is 22.2 Å². The van der Waals surface area contributed by atoms with Crippen molar-refractivity contribution >= 4 is 42.9 Å². The summed E-state index contributed by atoms with van der Waals surface area (Å²) < 4.78 is 34.3. The predicted molar refractivity (Wildman–Crippen MR) is 131 cm³/mol. The Kier molecular flexibility index (Phi) is 5.21. The Labute approximate surface area is 200 Å². The molecule has 0 saturated carbocycles. The fourth-order valence-corrected chi connectivity index (χ4v) is 6.73. The zero-order chi connectivity index (χ0) is 23.4. The van der Waals surface area contributed by atoms with E-state index in [1.165, 1.54) is 3.97 Å². The Morgan fingerprint density at radius 2 is 2.03 bits per heavy atom. The summed E-state index contributed by atoms with van der Waals surface area (Å²) >= 11 is 3.41. The molecule has 1 unspecified atom stereocenters. The molecule has 7 nitrogen and oxygen atoms in total. The number of halogens is 1. The molecule has 2 aliphatic rings. The van der Waals surface area contributed by atoms with Crippen molar-refractivity contribution in [3.8, 4) is 16.9 Å². The molecule has 1 atom stereocenters. The van der Waals surface area contributed by atoms with Gasteiger partial charge in [-0.15, -0.1) is 0 Å². The van der Waals surface area contributed by atoms with Crippen molar-refractivity contribution < 1.29 is 17.9 Å². The van der Waals surface area contributed by atoms with Crippen LogP contribution in [-0.2, 0) is 10.0 Å². The lowest BCUT2D eigenvalue weighted by Gasteiger charge is -2.27. The summed E-state index contributed by atoms with van der Waals surface area (Å²) in [5.74, 6) is 0.391. The SMILES string of the molecule is CN1CCOc2cc(-c3cn(S(=O)(=O)C4(C)C=C(Br)C=CC4)c4ncccc34)ccc2C1=O. The van der Waals surface area contributed by atoms with Gasteiger partial charge in [-0.1, -0.05) is 34.1 Å². The van der Waals surface area contributed by atoms with Crippen molar-refractivity contribution in [2.24, 2.45) is 0 Å². The molecule has 1 amide bonds. The maximum absolute atomic E-state index is 13.8. The molecule has 1 aliphatic heterocycles. The van der Waals surface area contributed by atoms with Crippen LogP contribution >= 0.6 is 15.9 Å². The number of likely N-dealkylation sites (N-methyl/N-ethyl adjacent to an activating group) is 1. The molecule has 0 bridgehead atoms. The first-order valence-corrected chi connectivity index (χ1v) is 12.7. The molecule has 9 heteroatoms. The summed E-state index contributed by atoms with van der Waals surface area (Å²) in [6.45, 7) is 2.60. The molecule has 1 aromatic carbocycles. The number of aromatic nitrogens is 2. The lowest BCUT2D eigenvalue weighted by molar-refractivity contribution is 0.0796. The average Bonchev–Trinajstić information content (AvgIpc) is 3.12. The second-order valence-corrected chi connectivity index (χ2v) is 11.6. The third kappa shape index (κ3) is 3.50. The highest BCUT2D eigenvalue weighted by atomic mass is 79.9. The Bertz CT molecular complexity index is 1460. The van der Waals surface area contributed by atoms with Gasteiger partial charge in [0.15, 0.2) is 5.65 Å². The Morgan fingerprint density at radius 3 is 2.82 bits per heavy atom. The summed E-state index contributed by atoms with van der Waals surface area (Å²) in [6.07, 6.45) is 8.97. The van der Waals surface area contributed by atoms with Crippen molar-refractivity contribution in [3.63, 3.8) is 0 Å². The molecular formula is C24H22BrN3O4S. The van der Waals surface area contributed by atoms with E-state index in [9.17, 15) is 13.2 Å². The van der Waals surface area contributed by atoms with Crippen molar-refractivity contribution in [2.75, 3.05) is 20.2 Å². The Morgan fingerprint density at radius 1 is 1.21 bits per heavy atom. The number of carbonyl (C=O) groups is 1. The van der Waals surface area contributed by atoms with E-state index in [0.717, 1.165) is 10.0 Å². The highest BCUT2D eigenvalue weighted by molar-refractivity contribution is 9.11. The fourth-order valence-electron chi connectivity index (χ4n) is 4.24. The van der Waals surface area contributed by atoms with Crippen LogP contribution in [-0.4, -0.2) is 53.1 Å². The summed E-state index contributed by atoms with van der Waals surface area (Å²) in [6, 6.07) is 8.98. The molecule has 0 saturated heterocycles. The van der Waals surface area contributed by atoms with Gasteiger partial charge in [-0.25, -0.2) is 17.4 Å². The van der Waals surface area contributed by atoms with E-state index in [-0.39, 0.29) is 5.91 Å². The molecule has 170 valence electrons. The van der Waals surface area contributed by atoms with Crippen molar-refractivity contribution in [1.82, 2.24) is 13.9 Å². The first-order chi connectivity index (χ1) is 15.7. The Balaban J connectivity index is 1.68. The lowest BCUT2D eigenvalue weighted by Crippen LogP contribution is -2.38. The van der Waals surface area contributed by atoms with E-state index < -0.39 is 14.8 Å². The molecular weight excluding hydrogens is 506 g/mol. The van der Waals surface area contributed by atoms with Gasteiger partial charge in [-0.05, 0) is 49.2 Å². The average molecular weight is 528 g/mol. The highest BCUT2D eigenvalue weighted by Gasteiger charge is 2.40. The summed E-state index contributed by atoms with van der Waals surface area (Å²) in [5.41, 5.74) is 2.31. The smallest absolute Gasteiger partial charge is 0.257 e. The molecule has 33 heavy (non-hydrogen) atoms. The highest BCUT2D eigenvalue weighted by Crippen LogP contribution is 2.38. The molecule has 5 rings (SSSR count). The third-order valence-electron chi connectivity index (χ3n) is 6.18. The monoisotopic (exact) mass is 527 g/mol. The largest absolute Gasteiger partial charge is 0.491 e. The van der Waals surface area contributed by atoms with Gasteiger partial charge in [-0.3, -0.25) is 4.79 Å². The maximum Gasteiger partial charge on any atom is 0.257 e. The van der Waals surface area contributed by atoms with Crippen LogP contribution in [0.15, 0.2) is 65.4 Å². The van der Waals surface area contributed by atoms with Crippen LogP contribution in [0.3, 0.4) is 0 Å². The quantitative estimate of drug-likeness (QED) is 0.505. The van der Waals surface area contributed by atoms with Gasteiger partial charge in [-0.2, -0.15) is 0 Å². The van der Waals surface area contributed by atoms with Crippen molar-refractivity contribution in [1.29, 1.82) is 0 Å². The van der Waals surface area contributed by atoms with E-state index in [1.807, 2.05) is 24.3 Å². The number of benzene rings is 1. The first-order valence-electron chi connectivity index (χ1n) is 10.5. The summed E-state index contributed by atoms with van der Waals surface area (Å²) in [7, 11) is -2.10. The van der Waals surface area contributed by atoms with Crippen LogP contribution in [0.2, 0.25) is 0 Å². The van der Waals surface area contributed by atoms with Crippen LogP contribution in [0.5, 0.6) is 5.75 Å². The molecule has 0 N–H and O–H groups in total. The zero-order valence-electron chi connectivity index (χ0n) is 18.2. The lowest BCUT2D eigenvalue weighted by atomic mass is 10.0. The molecule has 2 aromatic heterocycles. The second kappa shape index (κ2) is 7.85. The second-order valence-electron chi connectivity index (χ2n) is 8.45. The zero-order valence-corrected chi connectivity index (χ0v) is 20.6. The first kappa shape index (κ1) is 21.9. The van der Waals surface area contributed by atoms with Crippen LogP contribution in [0, 0.1) is 0 Å². The third-order valence-corrected chi connectivity index (χ3v) is 8.93. The van der Waals surface area contributed by atoms with Crippen molar-refractivity contribution in [3.05, 3.63) is 71.0 Å². The van der Waals surface area contributed by atoms with Gasteiger partial charge >= 0.3 is 0 Å². The number of carbonyl (C=O) groups excluding carboxylic acids is 1. The minimum Gasteiger partial charge on any atom is -0.491 e. The number of rotatable bonds is 3. The molecule has 0 spiro atoms. The van der Waals surface area contributed by atoms with Gasteiger partial charge in [0.05, 0.1) is 12.1 Å². The van der Waals surface area contributed by atoms with Gasteiger partial charge in [0.25, 0.3) is 5.91 Å². The molecule has 0 radical (unpaired) electrons. The summed E-state index contributed by atoms with van der Waals surface area (Å²) in [5, 5.41) is 0.705. The van der Waals surface area contributed by atoms with Gasteiger partial charge in [0, 0.05) is 34.9 Å². The van der Waals surface area contributed by atoms with Gasteiger partial charge in [0.2, 0.25) is 10.0 Å². The minimum atomic E-state index is -3.84. The molecule has 3 heterocycles. The number of hydrogen-bond acceptors (Lipinski definition) is 5. The Hall–Kier alpha value is -2.91. The van der Waals surface area contributed by atoms with E-state index in [0.29, 0.717) is 47.5 Å². The van der Waals surface area contributed by atoms with E-state index >= 15 is 0 Å². The van der Waals surface area contributed by atoms with Crippen molar-refractivity contribution in [2.45, 2.75) is 18.1 Å². The van der Waals surface area contributed by atoms with E-state index in [2.05, 4.69) is 20.9 Å². The predicted octanol–water partition coefficient (Wildman–Crippen LogP) is 4.34. The van der Waals surface area contributed by atoms with Gasteiger partial charge < -0.3 is 9.64 Å². The van der Waals surface area contributed by atoms with Crippen LogP contribution in [0.1, 0.15) is 23.7 Å². The maximum atomic E-state index is 13.8. The number of nitrogens with zero attached hydrogens (tertiary/aromatic N) is 3. The molecule has 0 fully saturated rings. The molecule has 1 aliphatic carbocycles. The standard InChI is InChI=1S/C24H22BrN3O4S/c1-24(9-3-5-17(25)14-24)33(30,31)28-15-20(18-6-4-10-26-22(18)28)16-7-8-19-21(13-16)32-12-11-27(2)23(19)29/h3-8,10,13-15H,9,11-12H2,1-2H3. The minimum absolute atomic E-state index is 0.101.